The number of carbonyl (C=O) groups is 1. The summed E-state index contributed by atoms with van der Waals surface area (Å²) >= 11 is 0. The van der Waals surface area contributed by atoms with Gasteiger partial charge in [-0.15, -0.1) is 0 Å². The van der Waals surface area contributed by atoms with Crippen molar-refractivity contribution in [2.45, 2.75) is 6.54 Å². The number of rotatable bonds is 10. The third-order valence-electron chi connectivity index (χ3n) is 2.94. The van der Waals surface area contributed by atoms with Crippen LogP contribution in [0.25, 0.3) is 0 Å². The molecule has 0 saturated heterocycles. The van der Waals surface area contributed by atoms with Crippen LogP contribution in [0.3, 0.4) is 0 Å². The molecule has 0 aliphatic rings. The Morgan fingerprint density at radius 1 is 1.29 bits per heavy atom. The molecule has 21 heavy (non-hydrogen) atoms. The fraction of sp³-hybridized carbons (Fsp3) is 0.533. The molecular formula is C15H25N3O3. The van der Waals surface area contributed by atoms with Crippen molar-refractivity contribution in [3.05, 3.63) is 29.8 Å². The van der Waals surface area contributed by atoms with Gasteiger partial charge in [-0.2, -0.15) is 0 Å². The lowest BCUT2D eigenvalue weighted by Crippen LogP contribution is -2.38. The van der Waals surface area contributed by atoms with Crippen LogP contribution in [0.4, 0.5) is 0 Å². The molecule has 3 N–H and O–H groups in total. The predicted molar refractivity (Wildman–Crippen MR) is 82.2 cm³/mol. The maximum atomic E-state index is 11.6. The first-order chi connectivity index (χ1) is 10.2. The van der Waals surface area contributed by atoms with Crippen molar-refractivity contribution in [3.63, 3.8) is 0 Å². The minimum atomic E-state index is -0.0122. The Morgan fingerprint density at radius 3 is 2.62 bits per heavy atom. The second kappa shape index (κ2) is 10.1. The number of amides is 1. The van der Waals surface area contributed by atoms with Gasteiger partial charge in [0.1, 0.15) is 12.4 Å². The van der Waals surface area contributed by atoms with Gasteiger partial charge in [0, 0.05) is 26.7 Å². The summed E-state index contributed by atoms with van der Waals surface area (Å²) in [5.41, 5.74) is 6.61. The van der Waals surface area contributed by atoms with Gasteiger partial charge in [-0.1, -0.05) is 12.1 Å². The molecule has 6 heteroatoms. The summed E-state index contributed by atoms with van der Waals surface area (Å²) in [6.45, 7) is 3.14. The maximum Gasteiger partial charge on any atom is 0.234 e. The summed E-state index contributed by atoms with van der Waals surface area (Å²) in [7, 11) is 3.49. The quantitative estimate of drug-likeness (QED) is 0.604. The largest absolute Gasteiger partial charge is 0.492 e. The standard InChI is InChI=1S/C15H25N3O3/c1-18(12-15(19)17-7-9-20-2)8-10-21-14-5-3-13(11-16)4-6-14/h3-6H,7-12,16H2,1-2H3,(H,17,19). The van der Waals surface area contributed by atoms with Crippen LogP contribution in [0, 0.1) is 0 Å². The van der Waals surface area contributed by atoms with E-state index in [2.05, 4.69) is 5.32 Å². The molecule has 118 valence electrons. The Labute approximate surface area is 126 Å². The van der Waals surface area contributed by atoms with Crippen LogP contribution in [0.2, 0.25) is 0 Å². The van der Waals surface area contributed by atoms with Gasteiger partial charge in [-0.25, -0.2) is 0 Å². The molecule has 1 aromatic rings. The Balaban J connectivity index is 2.17. The summed E-state index contributed by atoms with van der Waals surface area (Å²) in [6, 6.07) is 7.70. The second-order valence-corrected chi connectivity index (χ2v) is 4.78. The van der Waals surface area contributed by atoms with E-state index in [1.54, 1.807) is 7.11 Å². The van der Waals surface area contributed by atoms with Crippen molar-refractivity contribution in [1.29, 1.82) is 0 Å². The highest BCUT2D eigenvalue weighted by Gasteiger charge is 2.06. The fourth-order valence-electron chi connectivity index (χ4n) is 1.71. The first-order valence-corrected chi connectivity index (χ1v) is 7.01. The van der Waals surface area contributed by atoms with Gasteiger partial charge in [0.05, 0.1) is 13.2 Å². The topological polar surface area (TPSA) is 76.8 Å². The zero-order valence-electron chi connectivity index (χ0n) is 12.8. The molecular weight excluding hydrogens is 270 g/mol. The lowest BCUT2D eigenvalue weighted by molar-refractivity contribution is -0.122. The summed E-state index contributed by atoms with van der Waals surface area (Å²) in [4.78, 5) is 13.5. The Morgan fingerprint density at radius 2 is 2.00 bits per heavy atom. The SMILES string of the molecule is COCCNC(=O)CN(C)CCOc1ccc(CN)cc1. The first kappa shape index (κ1) is 17.4. The second-order valence-electron chi connectivity index (χ2n) is 4.78. The number of hydrogen-bond acceptors (Lipinski definition) is 5. The van der Waals surface area contributed by atoms with Crippen molar-refractivity contribution >= 4 is 5.91 Å². The minimum Gasteiger partial charge on any atom is -0.492 e. The number of nitrogens with two attached hydrogens (primary N) is 1. The summed E-state index contributed by atoms with van der Waals surface area (Å²) in [6.07, 6.45) is 0. The Bertz CT molecular complexity index is 409. The molecule has 0 radical (unpaired) electrons. The molecule has 1 aromatic carbocycles. The van der Waals surface area contributed by atoms with Gasteiger partial charge in [0.2, 0.25) is 5.91 Å². The highest BCUT2D eigenvalue weighted by Crippen LogP contribution is 2.11. The van der Waals surface area contributed by atoms with Gasteiger partial charge in [-0.3, -0.25) is 9.69 Å². The Hall–Kier alpha value is -1.63. The van der Waals surface area contributed by atoms with E-state index in [1.807, 2.05) is 36.2 Å². The van der Waals surface area contributed by atoms with Gasteiger partial charge in [0.25, 0.3) is 0 Å². The average molecular weight is 295 g/mol. The lowest BCUT2D eigenvalue weighted by atomic mass is 10.2. The molecule has 0 aliphatic heterocycles. The molecule has 0 heterocycles. The number of nitrogens with one attached hydrogen (secondary N) is 1. The van der Waals surface area contributed by atoms with E-state index in [9.17, 15) is 4.79 Å². The molecule has 1 rings (SSSR count). The molecule has 0 saturated carbocycles. The average Bonchev–Trinajstić information content (AvgIpc) is 2.48. The van der Waals surface area contributed by atoms with E-state index in [4.69, 9.17) is 15.2 Å². The van der Waals surface area contributed by atoms with E-state index < -0.39 is 0 Å². The van der Waals surface area contributed by atoms with Crippen molar-refractivity contribution < 1.29 is 14.3 Å². The fourth-order valence-corrected chi connectivity index (χ4v) is 1.71. The molecule has 1 amide bonds. The smallest absolute Gasteiger partial charge is 0.234 e. The molecule has 0 spiro atoms. The van der Waals surface area contributed by atoms with Crippen molar-refractivity contribution in [2.24, 2.45) is 5.73 Å². The van der Waals surface area contributed by atoms with Crippen molar-refractivity contribution in [3.8, 4) is 5.75 Å². The minimum absolute atomic E-state index is 0.0122. The normalized spacial score (nSPS) is 10.7. The van der Waals surface area contributed by atoms with Crippen LogP contribution in [0.15, 0.2) is 24.3 Å². The number of hydrogen-bond donors (Lipinski definition) is 2. The molecule has 6 nitrogen and oxygen atoms in total. The zero-order valence-corrected chi connectivity index (χ0v) is 12.8. The summed E-state index contributed by atoms with van der Waals surface area (Å²) in [5, 5.41) is 2.78. The molecule has 0 bridgehead atoms. The van der Waals surface area contributed by atoms with E-state index >= 15 is 0 Å². The van der Waals surface area contributed by atoms with Crippen LogP contribution in [-0.4, -0.2) is 57.8 Å². The van der Waals surface area contributed by atoms with Crippen LogP contribution in [-0.2, 0) is 16.1 Å². The van der Waals surface area contributed by atoms with Crippen LogP contribution < -0.4 is 15.8 Å². The van der Waals surface area contributed by atoms with E-state index in [-0.39, 0.29) is 5.91 Å². The monoisotopic (exact) mass is 295 g/mol. The predicted octanol–water partition coefficient (Wildman–Crippen LogP) is 0.219. The molecule has 0 fully saturated rings. The Kier molecular flexibility index (Phi) is 8.42. The van der Waals surface area contributed by atoms with Gasteiger partial charge < -0.3 is 20.5 Å². The van der Waals surface area contributed by atoms with Gasteiger partial charge in [0.15, 0.2) is 0 Å². The van der Waals surface area contributed by atoms with Gasteiger partial charge >= 0.3 is 0 Å². The van der Waals surface area contributed by atoms with E-state index in [0.29, 0.717) is 39.4 Å². The highest BCUT2D eigenvalue weighted by atomic mass is 16.5. The summed E-state index contributed by atoms with van der Waals surface area (Å²) in [5.74, 6) is 0.798. The molecule has 0 aliphatic carbocycles. The molecule has 0 unspecified atom stereocenters. The van der Waals surface area contributed by atoms with E-state index in [0.717, 1.165) is 11.3 Å². The van der Waals surface area contributed by atoms with Crippen LogP contribution in [0.5, 0.6) is 5.75 Å². The number of benzene rings is 1. The van der Waals surface area contributed by atoms with Crippen LogP contribution >= 0.6 is 0 Å². The number of carbonyl (C=O) groups excluding carboxylic acids is 1. The van der Waals surface area contributed by atoms with E-state index in [1.165, 1.54) is 0 Å². The maximum absolute atomic E-state index is 11.6. The number of ether oxygens (including phenoxy) is 2. The van der Waals surface area contributed by atoms with Gasteiger partial charge in [-0.05, 0) is 24.7 Å². The number of nitrogens with zero attached hydrogens (tertiary/aromatic N) is 1. The number of methoxy groups -OCH3 is 1. The highest BCUT2D eigenvalue weighted by molar-refractivity contribution is 5.77. The van der Waals surface area contributed by atoms with Crippen molar-refractivity contribution in [2.75, 3.05) is 47.0 Å². The number of likely N-dealkylation sites (N-methyl/N-ethyl adjacent to an activating group) is 1. The molecule has 0 atom stereocenters. The third kappa shape index (κ3) is 7.65. The zero-order chi connectivity index (χ0) is 15.5. The summed E-state index contributed by atoms with van der Waals surface area (Å²) < 4.78 is 10.5. The molecule has 0 aromatic heterocycles. The third-order valence-corrected chi connectivity index (χ3v) is 2.94. The first-order valence-electron chi connectivity index (χ1n) is 7.01. The van der Waals surface area contributed by atoms with Crippen molar-refractivity contribution in [1.82, 2.24) is 10.2 Å². The lowest BCUT2D eigenvalue weighted by Gasteiger charge is -2.16. The van der Waals surface area contributed by atoms with Crippen LogP contribution in [0.1, 0.15) is 5.56 Å².